The smallest absolute Gasteiger partial charge is 0.235 e. The van der Waals surface area contributed by atoms with Crippen LogP contribution in [0.25, 0.3) is 0 Å². The van der Waals surface area contributed by atoms with Crippen LogP contribution in [0, 0.1) is 5.82 Å². The van der Waals surface area contributed by atoms with E-state index in [1.165, 1.54) is 30.0 Å². The second kappa shape index (κ2) is 6.62. The van der Waals surface area contributed by atoms with Crippen LogP contribution in [0.4, 0.5) is 15.9 Å². The second-order valence-electron chi connectivity index (χ2n) is 4.77. The van der Waals surface area contributed by atoms with Crippen LogP contribution >= 0.6 is 11.8 Å². The Kier molecular flexibility index (Phi) is 4.85. The number of rotatable bonds is 5. The number of halogens is 1. The predicted molar refractivity (Wildman–Crippen MR) is 82.8 cm³/mol. The molecule has 0 saturated carbocycles. The maximum Gasteiger partial charge on any atom is 0.235 e. The van der Waals surface area contributed by atoms with E-state index in [4.69, 9.17) is 5.73 Å². The van der Waals surface area contributed by atoms with Gasteiger partial charge in [-0.1, -0.05) is 0 Å². The van der Waals surface area contributed by atoms with E-state index in [2.05, 4.69) is 10.4 Å². The lowest BCUT2D eigenvalue weighted by Crippen LogP contribution is -2.18. The Labute approximate surface area is 126 Å². The number of hydrogen-bond donors (Lipinski definition) is 2. The lowest BCUT2D eigenvalue weighted by molar-refractivity contribution is -0.113. The van der Waals surface area contributed by atoms with Gasteiger partial charge in [0, 0.05) is 22.7 Å². The van der Waals surface area contributed by atoms with Crippen molar-refractivity contribution in [2.24, 2.45) is 0 Å². The molecule has 0 spiro atoms. The molecule has 0 fully saturated rings. The summed E-state index contributed by atoms with van der Waals surface area (Å²) in [5, 5.41) is 6.92. The molecular formula is C14H17FN4OS. The number of amides is 1. The van der Waals surface area contributed by atoms with Gasteiger partial charge in [-0.05, 0) is 32.0 Å². The minimum atomic E-state index is -0.370. The molecule has 1 aromatic carbocycles. The number of aromatic nitrogens is 2. The van der Waals surface area contributed by atoms with Gasteiger partial charge in [-0.15, -0.1) is 11.8 Å². The molecule has 0 saturated heterocycles. The highest BCUT2D eigenvalue weighted by Gasteiger charge is 2.11. The zero-order valence-electron chi connectivity index (χ0n) is 11.8. The number of thioether (sulfide) groups is 1. The lowest BCUT2D eigenvalue weighted by atomic mass is 10.3. The maximum absolute atomic E-state index is 13.1. The average molecular weight is 308 g/mol. The summed E-state index contributed by atoms with van der Waals surface area (Å²) in [4.78, 5) is 12.5. The van der Waals surface area contributed by atoms with E-state index < -0.39 is 0 Å². The van der Waals surface area contributed by atoms with Gasteiger partial charge in [0.1, 0.15) is 11.6 Å². The van der Waals surface area contributed by atoms with Crippen LogP contribution in [-0.4, -0.2) is 21.4 Å². The SMILES string of the molecule is CC(C)n1nccc1NC(=O)CSc1cc(F)ccc1N. The summed E-state index contributed by atoms with van der Waals surface area (Å²) in [5.74, 6) is 0.232. The Morgan fingerprint density at radius 1 is 1.48 bits per heavy atom. The van der Waals surface area contributed by atoms with Crippen molar-refractivity contribution in [2.45, 2.75) is 24.8 Å². The zero-order valence-corrected chi connectivity index (χ0v) is 12.7. The number of nitrogens with two attached hydrogens (primary N) is 1. The largest absolute Gasteiger partial charge is 0.398 e. The number of nitrogen functional groups attached to an aromatic ring is 1. The minimum Gasteiger partial charge on any atom is -0.398 e. The Hall–Kier alpha value is -2.02. The van der Waals surface area contributed by atoms with Crippen molar-refractivity contribution in [1.82, 2.24) is 9.78 Å². The first-order chi connectivity index (χ1) is 9.97. The summed E-state index contributed by atoms with van der Waals surface area (Å²) in [6, 6.07) is 6.00. The molecular weight excluding hydrogens is 291 g/mol. The van der Waals surface area contributed by atoms with Gasteiger partial charge in [-0.3, -0.25) is 4.79 Å². The first-order valence-corrected chi connectivity index (χ1v) is 7.47. The summed E-state index contributed by atoms with van der Waals surface area (Å²) in [6.07, 6.45) is 1.63. The van der Waals surface area contributed by atoms with E-state index >= 15 is 0 Å². The Balaban J connectivity index is 1.96. The van der Waals surface area contributed by atoms with Crippen molar-refractivity contribution in [1.29, 1.82) is 0 Å². The van der Waals surface area contributed by atoms with Crippen LogP contribution in [-0.2, 0) is 4.79 Å². The predicted octanol–water partition coefficient (Wildman–Crippen LogP) is 2.92. The molecule has 21 heavy (non-hydrogen) atoms. The van der Waals surface area contributed by atoms with E-state index in [0.29, 0.717) is 16.4 Å². The third-order valence-corrected chi connectivity index (χ3v) is 3.83. The van der Waals surface area contributed by atoms with E-state index in [1.54, 1.807) is 16.9 Å². The molecule has 0 unspecified atom stereocenters. The zero-order chi connectivity index (χ0) is 15.4. The van der Waals surface area contributed by atoms with Gasteiger partial charge >= 0.3 is 0 Å². The Bertz CT molecular complexity index is 642. The quantitative estimate of drug-likeness (QED) is 0.658. The molecule has 1 heterocycles. The molecule has 2 rings (SSSR count). The molecule has 0 aliphatic heterocycles. The van der Waals surface area contributed by atoms with Crippen molar-refractivity contribution in [3.05, 3.63) is 36.3 Å². The summed E-state index contributed by atoms with van der Waals surface area (Å²) >= 11 is 1.20. The molecule has 1 aromatic heterocycles. The van der Waals surface area contributed by atoms with Gasteiger partial charge in [-0.2, -0.15) is 5.10 Å². The first-order valence-electron chi connectivity index (χ1n) is 6.48. The summed E-state index contributed by atoms with van der Waals surface area (Å²) in [6.45, 7) is 3.95. The number of anilines is 2. The van der Waals surface area contributed by atoms with Crippen molar-refractivity contribution >= 4 is 29.2 Å². The fourth-order valence-electron chi connectivity index (χ4n) is 1.78. The molecule has 2 aromatic rings. The maximum atomic E-state index is 13.1. The number of benzene rings is 1. The molecule has 5 nitrogen and oxygen atoms in total. The highest BCUT2D eigenvalue weighted by Crippen LogP contribution is 2.25. The number of nitrogens with one attached hydrogen (secondary N) is 1. The topological polar surface area (TPSA) is 72.9 Å². The molecule has 0 bridgehead atoms. The molecule has 3 N–H and O–H groups in total. The number of carbonyl (C=O) groups is 1. The van der Waals surface area contributed by atoms with Crippen molar-refractivity contribution < 1.29 is 9.18 Å². The molecule has 7 heteroatoms. The molecule has 0 atom stereocenters. The third-order valence-electron chi connectivity index (χ3n) is 2.76. The Morgan fingerprint density at radius 2 is 2.24 bits per heavy atom. The van der Waals surface area contributed by atoms with Crippen LogP contribution in [0.3, 0.4) is 0 Å². The number of hydrogen-bond acceptors (Lipinski definition) is 4. The van der Waals surface area contributed by atoms with Crippen molar-refractivity contribution in [3.8, 4) is 0 Å². The number of carbonyl (C=O) groups excluding carboxylic acids is 1. The van der Waals surface area contributed by atoms with Crippen LogP contribution in [0.15, 0.2) is 35.4 Å². The molecule has 0 aliphatic rings. The highest BCUT2D eigenvalue weighted by atomic mass is 32.2. The fourth-order valence-corrected chi connectivity index (χ4v) is 2.57. The van der Waals surface area contributed by atoms with Gasteiger partial charge in [0.05, 0.1) is 11.9 Å². The van der Waals surface area contributed by atoms with Crippen LogP contribution in [0.2, 0.25) is 0 Å². The van der Waals surface area contributed by atoms with E-state index in [9.17, 15) is 9.18 Å². The van der Waals surface area contributed by atoms with Crippen LogP contribution in [0.1, 0.15) is 19.9 Å². The molecule has 0 radical (unpaired) electrons. The van der Waals surface area contributed by atoms with Gasteiger partial charge < -0.3 is 11.1 Å². The van der Waals surface area contributed by atoms with E-state index in [-0.39, 0.29) is 23.5 Å². The Morgan fingerprint density at radius 3 is 2.95 bits per heavy atom. The summed E-state index contributed by atoms with van der Waals surface area (Å²) in [5.41, 5.74) is 6.20. The van der Waals surface area contributed by atoms with Crippen LogP contribution < -0.4 is 11.1 Å². The molecule has 112 valence electrons. The van der Waals surface area contributed by atoms with E-state index in [1.807, 2.05) is 13.8 Å². The summed E-state index contributed by atoms with van der Waals surface area (Å²) in [7, 11) is 0. The van der Waals surface area contributed by atoms with Gasteiger partial charge in [0.25, 0.3) is 0 Å². The van der Waals surface area contributed by atoms with Crippen LogP contribution in [0.5, 0.6) is 0 Å². The lowest BCUT2D eigenvalue weighted by Gasteiger charge is -2.12. The highest BCUT2D eigenvalue weighted by molar-refractivity contribution is 8.00. The second-order valence-corrected chi connectivity index (χ2v) is 5.79. The van der Waals surface area contributed by atoms with Crippen molar-refractivity contribution in [2.75, 3.05) is 16.8 Å². The van der Waals surface area contributed by atoms with Crippen molar-refractivity contribution in [3.63, 3.8) is 0 Å². The fraction of sp³-hybridized carbons (Fsp3) is 0.286. The summed E-state index contributed by atoms with van der Waals surface area (Å²) < 4.78 is 14.9. The van der Waals surface area contributed by atoms with E-state index in [0.717, 1.165) is 0 Å². The van der Waals surface area contributed by atoms with Gasteiger partial charge in [0.2, 0.25) is 5.91 Å². The molecule has 0 aliphatic carbocycles. The van der Waals surface area contributed by atoms with Gasteiger partial charge in [-0.25, -0.2) is 9.07 Å². The number of nitrogens with zero attached hydrogens (tertiary/aromatic N) is 2. The monoisotopic (exact) mass is 308 g/mol. The average Bonchev–Trinajstić information content (AvgIpc) is 2.88. The normalized spacial score (nSPS) is 10.9. The third kappa shape index (κ3) is 3.98. The standard InChI is InChI=1S/C14H17FN4OS/c1-9(2)19-13(5-6-17-19)18-14(20)8-21-12-7-10(15)3-4-11(12)16/h3-7,9H,8,16H2,1-2H3,(H,18,20). The first kappa shape index (κ1) is 15.4. The molecule has 1 amide bonds. The minimum absolute atomic E-state index is 0.150. The van der Waals surface area contributed by atoms with Gasteiger partial charge in [0.15, 0.2) is 0 Å².